The van der Waals surface area contributed by atoms with Crippen LogP contribution in [0.3, 0.4) is 0 Å². The topological polar surface area (TPSA) is 89.9 Å². The summed E-state index contributed by atoms with van der Waals surface area (Å²) in [6, 6.07) is 45.9. The second-order valence-electron chi connectivity index (χ2n) is 11.1. The molecule has 1 aromatic heterocycles. The minimum atomic E-state index is -0.377. The fourth-order valence-electron chi connectivity index (χ4n) is 6.56. The SMILES string of the molecule is N#Cc1ccc(-c2ccc3c(c2)c2ccccc2n3-c2cccc3c2C(=O)N(c2ccccc2-c2ccccc2)C3=O)c(C#N)c1. The van der Waals surface area contributed by atoms with E-state index in [2.05, 4.69) is 12.1 Å². The van der Waals surface area contributed by atoms with Gasteiger partial charge in [0.15, 0.2) is 0 Å². The number of rotatable bonds is 4. The van der Waals surface area contributed by atoms with Crippen molar-refractivity contribution in [2.24, 2.45) is 0 Å². The summed E-state index contributed by atoms with van der Waals surface area (Å²) in [6.07, 6.45) is 0. The van der Waals surface area contributed by atoms with Gasteiger partial charge in [0.2, 0.25) is 0 Å². The number of hydrogen-bond donors (Lipinski definition) is 0. The van der Waals surface area contributed by atoms with E-state index in [0.29, 0.717) is 33.6 Å². The number of carbonyl (C=O) groups excluding carboxylic acids is 2. The minimum Gasteiger partial charge on any atom is -0.308 e. The summed E-state index contributed by atoms with van der Waals surface area (Å²) in [5, 5.41) is 21.1. The smallest absolute Gasteiger partial charge is 0.268 e. The van der Waals surface area contributed by atoms with Gasteiger partial charge in [-0.15, -0.1) is 0 Å². The van der Waals surface area contributed by atoms with E-state index in [0.717, 1.165) is 44.1 Å². The first-order valence-electron chi connectivity index (χ1n) is 14.7. The van der Waals surface area contributed by atoms with Crippen LogP contribution in [0.25, 0.3) is 49.7 Å². The molecule has 0 unspecified atom stereocenters. The van der Waals surface area contributed by atoms with Gasteiger partial charge in [-0.3, -0.25) is 9.59 Å². The van der Waals surface area contributed by atoms with Gasteiger partial charge in [-0.1, -0.05) is 84.9 Å². The molecule has 46 heavy (non-hydrogen) atoms. The number of amides is 2. The van der Waals surface area contributed by atoms with Crippen molar-refractivity contribution < 1.29 is 9.59 Å². The van der Waals surface area contributed by atoms with Gasteiger partial charge in [0.1, 0.15) is 0 Å². The predicted octanol–water partition coefficient (Wildman–Crippen LogP) is 8.66. The molecule has 6 heteroatoms. The zero-order chi connectivity index (χ0) is 31.4. The van der Waals surface area contributed by atoms with E-state index in [-0.39, 0.29) is 11.8 Å². The number of carbonyl (C=O) groups is 2. The second kappa shape index (κ2) is 10.4. The molecule has 6 nitrogen and oxygen atoms in total. The normalized spacial score (nSPS) is 12.3. The van der Waals surface area contributed by atoms with Crippen molar-refractivity contribution in [1.82, 2.24) is 4.57 Å². The fourth-order valence-corrected chi connectivity index (χ4v) is 6.56. The first-order valence-corrected chi connectivity index (χ1v) is 14.7. The molecule has 0 atom stereocenters. The summed E-state index contributed by atoms with van der Waals surface area (Å²) in [7, 11) is 0. The van der Waals surface area contributed by atoms with Gasteiger partial charge in [-0.05, 0) is 65.2 Å². The van der Waals surface area contributed by atoms with E-state index in [9.17, 15) is 20.1 Å². The third-order valence-corrected chi connectivity index (χ3v) is 8.62. The highest BCUT2D eigenvalue weighted by atomic mass is 16.2. The molecule has 0 spiro atoms. The molecule has 7 aromatic rings. The molecule has 1 aliphatic rings. The Morgan fingerprint density at radius 1 is 0.500 bits per heavy atom. The summed E-state index contributed by atoms with van der Waals surface area (Å²) >= 11 is 0. The van der Waals surface area contributed by atoms with Gasteiger partial charge < -0.3 is 4.57 Å². The molecule has 6 aromatic carbocycles. The van der Waals surface area contributed by atoms with E-state index in [1.165, 1.54) is 4.90 Å². The largest absolute Gasteiger partial charge is 0.308 e. The zero-order valence-corrected chi connectivity index (χ0v) is 24.3. The molecule has 0 saturated carbocycles. The van der Waals surface area contributed by atoms with Crippen molar-refractivity contribution in [2.45, 2.75) is 0 Å². The van der Waals surface area contributed by atoms with Crippen molar-refractivity contribution in [3.8, 4) is 40.1 Å². The van der Waals surface area contributed by atoms with E-state index in [1.807, 2.05) is 114 Å². The van der Waals surface area contributed by atoms with Crippen LogP contribution < -0.4 is 4.90 Å². The Kier molecular flexibility index (Phi) is 6.10. The first-order chi connectivity index (χ1) is 22.6. The number of nitriles is 2. The maximum atomic E-state index is 14.4. The van der Waals surface area contributed by atoms with Crippen LogP contribution in [0.15, 0.2) is 133 Å². The summed E-state index contributed by atoms with van der Waals surface area (Å²) in [4.78, 5) is 29.7. The predicted molar refractivity (Wildman–Crippen MR) is 179 cm³/mol. The van der Waals surface area contributed by atoms with Crippen LogP contribution in [0.1, 0.15) is 31.8 Å². The molecular formula is C40H22N4O2. The highest BCUT2D eigenvalue weighted by Gasteiger charge is 2.40. The monoisotopic (exact) mass is 590 g/mol. The fraction of sp³-hybridized carbons (Fsp3) is 0. The number of aromatic nitrogens is 1. The Balaban J connectivity index is 1.32. The summed E-state index contributed by atoms with van der Waals surface area (Å²) in [5.74, 6) is -0.740. The summed E-state index contributed by atoms with van der Waals surface area (Å²) in [5.41, 5.74) is 7.71. The Bertz CT molecular complexity index is 2500. The van der Waals surface area contributed by atoms with Gasteiger partial charge >= 0.3 is 0 Å². The lowest BCUT2D eigenvalue weighted by atomic mass is 9.97. The van der Waals surface area contributed by atoms with E-state index < -0.39 is 0 Å². The maximum Gasteiger partial charge on any atom is 0.268 e. The average Bonchev–Trinajstić information content (AvgIpc) is 3.58. The molecule has 0 N–H and O–H groups in total. The average molecular weight is 591 g/mol. The third-order valence-electron chi connectivity index (χ3n) is 8.62. The standard InChI is InChI=1S/C40H22N4O2/c41-23-25-17-19-29(28(21-25)24-42)27-18-20-36-33(22-27)31-12-5-7-15-35(31)43(36)37-16-8-13-32-38(37)40(46)44(39(32)45)34-14-6-4-11-30(34)26-9-2-1-3-10-26/h1-22H. The number of fused-ring (bicyclic) bond motifs is 4. The van der Waals surface area contributed by atoms with Crippen molar-refractivity contribution in [1.29, 1.82) is 10.5 Å². The van der Waals surface area contributed by atoms with Gasteiger partial charge in [0.05, 0.1) is 56.8 Å². The highest BCUT2D eigenvalue weighted by Crippen LogP contribution is 2.41. The van der Waals surface area contributed by atoms with Crippen LogP contribution in [0.5, 0.6) is 0 Å². The Hall–Kier alpha value is -6.76. The summed E-state index contributed by atoms with van der Waals surface area (Å²) < 4.78 is 2.04. The van der Waals surface area contributed by atoms with Crippen LogP contribution in [0.2, 0.25) is 0 Å². The number of benzene rings is 6. The number of imide groups is 1. The first kappa shape index (κ1) is 26.8. The lowest BCUT2D eigenvalue weighted by Crippen LogP contribution is -2.30. The van der Waals surface area contributed by atoms with Crippen LogP contribution >= 0.6 is 0 Å². The lowest BCUT2D eigenvalue weighted by Gasteiger charge is -2.18. The molecule has 1 aliphatic heterocycles. The molecule has 2 heterocycles. The summed E-state index contributed by atoms with van der Waals surface area (Å²) in [6.45, 7) is 0. The van der Waals surface area contributed by atoms with Crippen LogP contribution in [0.4, 0.5) is 5.69 Å². The molecular weight excluding hydrogens is 568 g/mol. The molecule has 0 bridgehead atoms. The van der Waals surface area contributed by atoms with Gasteiger partial charge in [0.25, 0.3) is 11.8 Å². The van der Waals surface area contributed by atoms with Crippen molar-refractivity contribution in [3.05, 3.63) is 156 Å². The molecule has 0 fully saturated rings. The Labute approximate surface area is 264 Å². The van der Waals surface area contributed by atoms with Crippen LogP contribution in [0, 0.1) is 22.7 Å². The van der Waals surface area contributed by atoms with E-state index in [1.54, 1.807) is 24.3 Å². The van der Waals surface area contributed by atoms with Crippen molar-refractivity contribution in [3.63, 3.8) is 0 Å². The maximum absolute atomic E-state index is 14.4. The number of para-hydroxylation sites is 2. The number of anilines is 1. The molecule has 0 radical (unpaired) electrons. The zero-order valence-electron chi connectivity index (χ0n) is 24.3. The molecule has 0 saturated heterocycles. The Morgan fingerprint density at radius 2 is 1.22 bits per heavy atom. The van der Waals surface area contributed by atoms with E-state index in [4.69, 9.17) is 0 Å². The van der Waals surface area contributed by atoms with Crippen molar-refractivity contribution in [2.75, 3.05) is 4.90 Å². The number of hydrogen-bond acceptors (Lipinski definition) is 4. The molecule has 2 amide bonds. The van der Waals surface area contributed by atoms with Gasteiger partial charge in [-0.25, -0.2) is 4.90 Å². The van der Waals surface area contributed by atoms with E-state index >= 15 is 0 Å². The Morgan fingerprint density at radius 3 is 2.04 bits per heavy atom. The highest BCUT2D eigenvalue weighted by molar-refractivity contribution is 6.36. The number of nitrogens with zero attached hydrogens (tertiary/aromatic N) is 4. The van der Waals surface area contributed by atoms with Gasteiger partial charge in [0, 0.05) is 16.3 Å². The van der Waals surface area contributed by atoms with Gasteiger partial charge in [-0.2, -0.15) is 10.5 Å². The molecule has 0 aliphatic carbocycles. The third kappa shape index (κ3) is 3.95. The quantitative estimate of drug-likeness (QED) is 0.192. The lowest BCUT2D eigenvalue weighted by molar-refractivity contribution is 0.0926. The molecule has 8 rings (SSSR count). The second-order valence-corrected chi connectivity index (χ2v) is 11.1. The minimum absolute atomic E-state index is 0.348. The van der Waals surface area contributed by atoms with Crippen molar-refractivity contribution >= 4 is 39.3 Å². The molecule has 214 valence electrons. The van der Waals surface area contributed by atoms with Crippen LogP contribution in [-0.4, -0.2) is 16.4 Å². The van der Waals surface area contributed by atoms with Crippen LogP contribution in [-0.2, 0) is 0 Å².